The second kappa shape index (κ2) is 7.43. The Morgan fingerprint density at radius 3 is 3.07 bits per heavy atom. The van der Waals surface area contributed by atoms with Crippen LogP contribution in [-0.4, -0.2) is 29.8 Å². The van der Waals surface area contributed by atoms with E-state index in [0.29, 0.717) is 0 Å². The third-order valence-corrected chi connectivity index (χ3v) is 2.35. The van der Waals surface area contributed by atoms with Gasteiger partial charge in [0.05, 0.1) is 12.0 Å². The van der Waals surface area contributed by atoms with Crippen molar-refractivity contribution in [1.29, 1.82) is 0 Å². The number of methoxy groups -OCH3 is 1. The van der Waals surface area contributed by atoms with E-state index in [1.54, 1.807) is 7.11 Å². The number of aryl methyl sites for hydroxylation is 1. The van der Waals surface area contributed by atoms with E-state index in [4.69, 9.17) is 4.74 Å². The first-order valence-corrected chi connectivity index (χ1v) is 5.57. The maximum atomic E-state index is 5.02. The van der Waals surface area contributed by atoms with E-state index in [2.05, 4.69) is 21.8 Å². The fourth-order valence-electron chi connectivity index (χ4n) is 1.48. The molecule has 0 spiro atoms. The molecule has 0 aromatic carbocycles. The Hall–Kier alpha value is -0.870. The maximum absolute atomic E-state index is 5.02. The summed E-state index contributed by atoms with van der Waals surface area (Å²) in [5.41, 5.74) is 1.26. The summed E-state index contributed by atoms with van der Waals surface area (Å²) < 4.78 is 7.23. The number of hydrogen-bond donors (Lipinski definition) is 1. The molecule has 0 bridgehead atoms. The lowest BCUT2D eigenvalue weighted by molar-refractivity contribution is 0.191. The summed E-state index contributed by atoms with van der Waals surface area (Å²) in [7, 11) is 1.74. The first-order valence-electron chi connectivity index (χ1n) is 5.57. The third-order valence-electron chi connectivity index (χ3n) is 2.35. The highest BCUT2D eigenvalue weighted by atomic mass is 16.5. The Morgan fingerprint density at radius 2 is 2.33 bits per heavy atom. The normalized spacial score (nSPS) is 10.8. The molecule has 15 heavy (non-hydrogen) atoms. The van der Waals surface area contributed by atoms with Gasteiger partial charge in [-0.2, -0.15) is 0 Å². The number of ether oxygens (including phenoxy) is 1. The van der Waals surface area contributed by atoms with Crippen LogP contribution in [0, 0.1) is 0 Å². The molecule has 1 aromatic rings. The number of imidazole rings is 1. The first kappa shape index (κ1) is 12.2. The van der Waals surface area contributed by atoms with Crippen molar-refractivity contribution in [3.8, 4) is 0 Å². The number of rotatable bonds is 8. The average molecular weight is 211 g/mol. The van der Waals surface area contributed by atoms with Crippen LogP contribution in [0.5, 0.6) is 0 Å². The minimum atomic E-state index is 0.844. The average Bonchev–Trinajstić information content (AvgIpc) is 2.69. The van der Waals surface area contributed by atoms with E-state index in [1.165, 1.54) is 5.69 Å². The minimum Gasteiger partial charge on any atom is -0.385 e. The van der Waals surface area contributed by atoms with Gasteiger partial charge in [-0.05, 0) is 19.4 Å². The van der Waals surface area contributed by atoms with Crippen molar-refractivity contribution in [1.82, 2.24) is 14.9 Å². The van der Waals surface area contributed by atoms with Crippen molar-refractivity contribution in [3.63, 3.8) is 0 Å². The second-order valence-electron chi connectivity index (χ2n) is 3.56. The Labute approximate surface area is 91.7 Å². The predicted octanol–water partition coefficient (Wildman–Crippen LogP) is 1.42. The van der Waals surface area contributed by atoms with E-state index >= 15 is 0 Å². The zero-order valence-corrected chi connectivity index (χ0v) is 9.70. The van der Waals surface area contributed by atoms with Crippen molar-refractivity contribution in [2.75, 3.05) is 20.3 Å². The van der Waals surface area contributed by atoms with Gasteiger partial charge in [-0.15, -0.1) is 0 Å². The number of nitrogens with one attached hydrogen (secondary N) is 1. The van der Waals surface area contributed by atoms with E-state index in [9.17, 15) is 0 Å². The van der Waals surface area contributed by atoms with Crippen LogP contribution in [0.2, 0.25) is 0 Å². The molecule has 0 saturated heterocycles. The number of nitrogens with zero attached hydrogens (tertiary/aromatic N) is 2. The molecule has 0 saturated carbocycles. The highest BCUT2D eigenvalue weighted by Gasteiger charge is 2.00. The molecule has 0 aliphatic rings. The highest BCUT2D eigenvalue weighted by Crippen LogP contribution is 2.02. The van der Waals surface area contributed by atoms with Crippen LogP contribution in [0.3, 0.4) is 0 Å². The lowest BCUT2D eigenvalue weighted by Crippen LogP contribution is -2.15. The number of aromatic nitrogens is 2. The Balaban J connectivity index is 2.29. The van der Waals surface area contributed by atoms with Gasteiger partial charge in [-0.25, -0.2) is 4.98 Å². The fraction of sp³-hybridized carbons (Fsp3) is 0.727. The monoisotopic (exact) mass is 211 g/mol. The maximum Gasteiger partial charge on any atom is 0.0948 e. The molecule has 1 heterocycles. The van der Waals surface area contributed by atoms with Crippen LogP contribution in [-0.2, 0) is 17.8 Å². The van der Waals surface area contributed by atoms with Crippen LogP contribution >= 0.6 is 0 Å². The van der Waals surface area contributed by atoms with Crippen LogP contribution in [0.4, 0.5) is 0 Å². The molecule has 0 radical (unpaired) electrons. The predicted molar refractivity (Wildman–Crippen MR) is 60.7 cm³/mol. The summed E-state index contributed by atoms with van der Waals surface area (Å²) in [5.74, 6) is 0. The van der Waals surface area contributed by atoms with E-state index < -0.39 is 0 Å². The van der Waals surface area contributed by atoms with Crippen molar-refractivity contribution >= 4 is 0 Å². The van der Waals surface area contributed by atoms with Crippen molar-refractivity contribution in [3.05, 3.63) is 18.2 Å². The lowest BCUT2D eigenvalue weighted by atomic mass is 10.3. The van der Waals surface area contributed by atoms with Crippen molar-refractivity contribution in [2.24, 2.45) is 0 Å². The Bertz CT molecular complexity index is 260. The molecule has 4 nitrogen and oxygen atoms in total. The van der Waals surface area contributed by atoms with Crippen LogP contribution in [0.25, 0.3) is 0 Å². The molecular weight excluding hydrogens is 190 g/mol. The summed E-state index contributed by atoms with van der Waals surface area (Å²) in [4.78, 5) is 4.17. The summed E-state index contributed by atoms with van der Waals surface area (Å²) in [6, 6.07) is 0. The molecule has 4 heteroatoms. The summed E-state index contributed by atoms with van der Waals surface area (Å²) in [5, 5.41) is 3.31. The fourth-order valence-corrected chi connectivity index (χ4v) is 1.48. The second-order valence-corrected chi connectivity index (χ2v) is 3.56. The van der Waals surface area contributed by atoms with Crippen LogP contribution in [0.15, 0.2) is 12.5 Å². The van der Waals surface area contributed by atoms with Gasteiger partial charge < -0.3 is 14.6 Å². The van der Waals surface area contributed by atoms with Crippen LogP contribution in [0.1, 0.15) is 25.5 Å². The molecule has 1 N–H and O–H groups in total. The van der Waals surface area contributed by atoms with Gasteiger partial charge in [0.25, 0.3) is 0 Å². The number of unbranched alkanes of at least 4 members (excludes halogenated alkanes) is 1. The molecular formula is C11H21N3O. The van der Waals surface area contributed by atoms with Gasteiger partial charge in [-0.3, -0.25) is 0 Å². The Morgan fingerprint density at radius 1 is 1.47 bits per heavy atom. The topological polar surface area (TPSA) is 39.1 Å². The molecule has 0 aliphatic carbocycles. The third kappa shape index (κ3) is 4.44. The van der Waals surface area contributed by atoms with Gasteiger partial charge in [-0.1, -0.05) is 6.92 Å². The van der Waals surface area contributed by atoms with Crippen molar-refractivity contribution < 1.29 is 4.74 Å². The largest absolute Gasteiger partial charge is 0.385 e. The standard InChI is InChI=1S/C11H21N3O/c1-3-12-8-11-9-13-10-14(11)6-4-5-7-15-2/h9-10,12H,3-8H2,1-2H3. The van der Waals surface area contributed by atoms with E-state index in [0.717, 1.165) is 39.1 Å². The van der Waals surface area contributed by atoms with E-state index in [-0.39, 0.29) is 0 Å². The van der Waals surface area contributed by atoms with Gasteiger partial charge in [0.1, 0.15) is 0 Å². The quantitative estimate of drug-likeness (QED) is 0.661. The molecule has 1 rings (SSSR count). The van der Waals surface area contributed by atoms with Crippen LogP contribution < -0.4 is 5.32 Å². The SMILES string of the molecule is CCNCc1cncn1CCCCOC. The van der Waals surface area contributed by atoms with Crippen molar-refractivity contribution in [2.45, 2.75) is 32.9 Å². The summed E-state index contributed by atoms with van der Waals surface area (Å²) >= 11 is 0. The number of hydrogen-bond acceptors (Lipinski definition) is 3. The molecule has 1 aromatic heterocycles. The smallest absolute Gasteiger partial charge is 0.0948 e. The van der Waals surface area contributed by atoms with Gasteiger partial charge in [0.15, 0.2) is 0 Å². The Kier molecular flexibility index (Phi) is 6.04. The summed E-state index contributed by atoms with van der Waals surface area (Å²) in [6.45, 7) is 5.89. The zero-order valence-electron chi connectivity index (χ0n) is 9.70. The van der Waals surface area contributed by atoms with Gasteiger partial charge in [0, 0.05) is 33.0 Å². The van der Waals surface area contributed by atoms with E-state index in [1.807, 2.05) is 12.5 Å². The lowest BCUT2D eigenvalue weighted by Gasteiger charge is -2.07. The molecule has 86 valence electrons. The minimum absolute atomic E-state index is 0.844. The zero-order chi connectivity index (χ0) is 10.9. The molecule has 0 aliphatic heterocycles. The highest BCUT2D eigenvalue weighted by molar-refractivity contribution is 4.97. The van der Waals surface area contributed by atoms with Gasteiger partial charge in [0.2, 0.25) is 0 Å². The molecule has 0 unspecified atom stereocenters. The van der Waals surface area contributed by atoms with Gasteiger partial charge >= 0.3 is 0 Å². The molecule has 0 amide bonds. The summed E-state index contributed by atoms with van der Waals surface area (Å²) in [6.07, 6.45) is 6.08. The first-order chi connectivity index (χ1) is 7.38. The molecule has 0 atom stereocenters. The molecule has 0 fully saturated rings.